The third kappa shape index (κ3) is 3.66. The fraction of sp³-hybridized carbons (Fsp3) is 0.500. The summed E-state index contributed by atoms with van der Waals surface area (Å²) < 4.78 is 36.5. The van der Waals surface area contributed by atoms with Crippen LogP contribution in [0, 0.1) is 6.92 Å². The number of rotatable bonds is 8. The van der Waals surface area contributed by atoms with Gasteiger partial charge in [-0.05, 0) is 6.92 Å². The molecular formula is C12H20N2O4S. The fourth-order valence-corrected chi connectivity index (χ4v) is 3.25. The van der Waals surface area contributed by atoms with Gasteiger partial charge in [0.05, 0.1) is 13.2 Å². The van der Waals surface area contributed by atoms with Gasteiger partial charge in [-0.1, -0.05) is 6.08 Å². The van der Waals surface area contributed by atoms with E-state index in [9.17, 15) is 8.42 Å². The number of hydrogen-bond acceptors (Lipinski definition) is 5. The van der Waals surface area contributed by atoms with Gasteiger partial charge in [-0.3, -0.25) is 0 Å². The molecule has 2 N–H and O–H groups in total. The first-order chi connectivity index (χ1) is 8.97. The van der Waals surface area contributed by atoms with Crippen molar-refractivity contribution < 1.29 is 17.6 Å². The van der Waals surface area contributed by atoms with Gasteiger partial charge in [0, 0.05) is 26.3 Å². The van der Waals surface area contributed by atoms with E-state index in [4.69, 9.17) is 14.9 Å². The highest BCUT2D eigenvalue weighted by molar-refractivity contribution is 7.89. The molecule has 6 nitrogen and oxygen atoms in total. The predicted molar refractivity (Wildman–Crippen MR) is 72.2 cm³/mol. The molecule has 0 spiro atoms. The van der Waals surface area contributed by atoms with Crippen LogP contribution in [0.15, 0.2) is 28.0 Å². The highest BCUT2D eigenvalue weighted by atomic mass is 32.2. The molecule has 0 aliphatic rings. The maximum atomic E-state index is 12.5. The van der Waals surface area contributed by atoms with Gasteiger partial charge in [-0.2, -0.15) is 4.31 Å². The number of ether oxygens (including phenoxy) is 1. The van der Waals surface area contributed by atoms with Gasteiger partial charge in [-0.15, -0.1) is 6.58 Å². The van der Waals surface area contributed by atoms with Gasteiger partial charge in [0.2, 0.25) is 10.0 Å². The molecule has 1 rings (SSSR count). The molecular weight excluding hydrogens is 268 g/mol. The smallest absolute Gasteiger partial charge is 0.246 e. The van der Waals surface area contributed by atoms with Gasteiger partial charge >= 0.3 is 0 Å². The molecule has 0 unspecified atom stereocenters. The Morgan fingerprint density at radius 2 is 2.26 bits per heavy atom. The number of sulfonamides is 1. The first-order valence-electron chi connectivity index (χ1n) is 5.86. The average Bonchev–Trinajstić information content (AvgIpc) is 2.76. The molecule has 0 saturated heterocycles. The predicted octanol–water partition coefficient (Wildman–Crippen LogP) is 0.870. The summed E-state index contributed by atoms with van der Waals surface area (Å²) in [5.41, 5.74) is 5.45. The van der Waals surface area contributed by atoms with Crippen molar-refractivity contribution in [3.05, 3.63) is 30.2 Å². The van der Waals surface area contributed by atoms with E-state index >= 15 is 0 Å². The Balaban J connectivity index is 3.10. The van der Waals surface area contributed by atoms with Crippen LogP contribution in [-0.4, -0.2) is 39.5 Å². The van der Waals surface area contributed by atoms with Crippen molar-refractivity contribution in [3.8, 4) is 0 Å². The average molecular weight is 288 g/mol. The van der Waals surface area contributed by atoms with E-state index in [0.717, 1.165) is 0 Å². The normalized spacial score (nSPS) is 12.0. The minimum Gasteiger partial charge on any atom is -0.464 e. The van der Waals surface area contributed by atoms with E-state index in [2.05, 4.69) is 6.58 Å². The van der Waals surface area contributed by atoms with Gasteiger partial charge in [0.25, 0.3) is 0 Å². The number of furan rings is 1. The highest BCUT2D eigenvalue weighted by Crippen LogP contribution is 2.23. The molecule has 0 aromatic carbocycles. The minimum atomic E-state index is -3.62. The molecule has 0 saturated carbocycles. The minimum absolute atomic E-state index is 0.144. The summed E-state index contributed by atoms with van der Waals surface area (Å²) >= 11 is 0. The molecule has 0 fully saturated rings. The molecule has 0 bridgehead atoms. The quantitative estimate of drug-likeness (QED) is 0.717. The first-order valence-corrected chi connectivity index (χ1v) is 7.30. The largest absolute Gasteiger partial charge is 0.464 e. The number of methoxy groups -OCH3 is 1. The third-order valence-corrected chi connectivity index (χ3v) is 4.59. The van der Waals surface area contributed by atoms with E-state index in [1.807, 2.05) is 0 Å². The van der Waals surface area contributed by atoms with Crippen LogP contribution >= 0.6 is 0 Å². The lowest BCUT2D eigenvalue weighted by atomic mass is 10.4. The van der Waals surface area contributed by atoms with Gasteiger partial charge < -0.3 is 14.9 Å². The van der Waals surface area contributed by atoms with Crippen LogP contribution in [0.3, 0.4) is 0 Å². The molecule has 0 radical (unpaired) electrons. The lowest BCUT2D eigenvalue weighted by Crippen LogP contribution is -2.34. The Kier molecular flexibility index (Phi) is 5.74. The zero-order valence-electron chi connectivity index (χ0n) is 11.3. The number of nitrogens with two attached hydrogens (primary N) is 1. The summed E-state index contributed by atoms with van der Waals surface area (Å²) in [6, 6.07) is 1.47. The molecule has 0 aliphatic heterocycles. The van der Waals surface area contributed by atoms with Crippen molar-refractivity contribution in [2.75, 3.05) is 26.8 Å². The van der Waals surface area contributed by atoms with Crippen LogP contribution in [-0.2, 0) is 21.3 Å². The van der Waals surface area contributed by atoms with E-state index in [0.29, 0.717) is 18.1 Å². The van der Waals surface area contributed by atoms with Gasteiger partial charge in [0.15, 0.2) is 0 Å². The number of hydrogen-bond donors (Lipinski definition) is 1. The molecule has 0 aliphatic carbocycles. The Hall–Kier alpha value is -1.15. The summed E-state index contributed by atoms with van der Waals surface area (Å²) in [5, 5.41) is 0. The second-order valence-corrected chi connectivity index (χ2v) is 5.89. The van der Waals surface area contributed by atoms with Crippen LogP contribution in [0.25, 0.3) is 0 Å². The summed E-state index contributed by atoms with van der Waals surface area (Å²) in [4.78, 5) is 0.144. The Bertz CT molecular complexity index is 522. The second kappa shape index (κ2) is 6.85. The first kappa shape index (κ1) is 15.9. The van der Waals surface area contributed by atoms with Crippen LogP contribution < -0.4 is 5.73 Å². The van der Waals surface area contributed by atoms with Crippen molar-refractivity contribution in [1.82, 2.24) is 4.31 Å². The summed E-state index contributed by atoms with van der Waals surface area (Å²) in [7, 11) is -2.10. The van der Waals surface area contributed by atoms with E-state index < -0.39 is 10.0 Å². The van der Waals surface area contributed by atoms with E-state index in [1.165, 1.54) is 23.6 Å². The van der Waals surface area contributed by atoms with Crippen LogP contribution in [0.4, 0.5) is 0 Å². The second-order valence-electron chi connectivity index (χ2n) is 3.98. The molecule has 1 aromatic rings. The van der Waals surface area contributed by atoms with Gasteiger partial charge in [0.1, 0.15) is 16.4 Å². The van der Waals surface area contributed by atoms with E-state index in [-0.39, 0.29) is 24.5 Å². The van der Waals surface area contributed by atoms with Crippen LogP contribution in [0.1, 0.15) is 11.5 Å². The molecule has 108 valence electrons. The van der Waals surface area contributed by atoms with Crippen molar-refractivity contribution in [2.45, 2.75) is 18.4 Å². The Morgan fingerprint density at radius 3 is 2.74 bits per heavy atom. The van der Waals surface area contributed by atoms with Crippen molar-refractivity contribution in [2.24, 2.45) is 5.73 Å². The SMILES string of the molecule is C=CCN(CCOC)S(=O)(=O)c1cc(CN)oc1C. The molecule has 1 heterocycles. The monoisotopic (exact) mass is 288 g/mol. The van der Waals surface area contributed by atoms with Crippen molar-refractivity contribution >= 4 is 10.0 Å². The molecule has 0 atom stereocenters. The fourth-order valence-electron chi connectivity index (χ4n) is 1.67. The Morgan fingerprint density at radius 1 is 1.58 bits per heavy atom. The lowest BCUT2D eigenvalue weighted by Gasteiger charge is -2.19. The Labute approximate surface area is 113 Å². The summed E-state index contributed by atoms with van der Waals surface area (Å²) in [5.74, 6) is 0.785. The highest BCUT2D eigenvalue weighted by Gasteiger charge is 2.27. The number of nitrogens with zero attached hydrogens (tertiary/aromatic N) is 1. The van der Waals surface area contributed by atoms with Crippen molar-refractivity contribution in [1.29, 1.82) is 0 Å². The lowest BCUT2D eigenvalue weighted by molar-refractivity contribution is 0.182. The molecule has 0 amide bonds. The van der Waals surface area contributed by atoms with E-state index in [1.54, 1.807) is 6.92 Å². The van der Waals surface area contributed by atoms with Gasteiger partial charge in [-0.25, -0.2) is 8.42 Å². The zero-order valence-corrected chi connectivity index (χ0v) is 12.1. The third-order valence-electron chi connectivity index (χ3n) is 2.62. The topological polar surface area (TPSA) is 85.8 Å². The standard InChI is InChI=1S/C12H20N2O4S/c1-4-5-14(6-7-17-3)19(15,16)12-8-11(9-13)18-10(12)2/h4,8H,1,5-7,9,13H2,2-3H3. The van der Waals surface area contributed by atoms with Crippen LogP contribution in [0.2, 0.25) is 0 Å². The summed E-state index contributed by atoms with van der Waals surface area (Å²) in [6.07, 6.45) is 1.53. The molecule has 7 heteroatoms. The number of aryl methyl sites for hydroxylation is 1. The maximum absolute atomic E-state index is 12.5. The molecule has 1 aromatic heterocycles. The summed E-state index contributed by atoms with van der Waals surface area (Å²) in [6.45, 7) is 6.12. The zero-order chi connectivity index (χ0) is 14.5. The molecule has 19 heavy (non-hydrogen) atoms. The maximum Gasteiger partial charge on any atom is 0.246 e. The van der Waals surface area contributed by atoms with Crippen LogP contribution in [0.5, 0.6) is 0 Å². The van der Waals surface area contributed by atoms with Crippen molar-refractivity contribution in [3.63, 3.8) is 0 Å².